The minimum absolute atomic E-state index is 0.217. The van der Waals surface area contributed by atoms with Crippen LogP contribution in [0.1, 0.15) is 38.3 Å². The van der Waals surface area contributed by atoms with E-state index in [1.165, 1.54) is 16.8 Å². The van der Waals surface area contributed by atoms with Crippen LogP contribution in [0.4, 0.5) is 4.79 Å². The van der Waals surface area contributed by atoms with E-state index < -0.39 is 34.8 Å². The van der Waals surface area contributed by atoms with Crippen molar-refractivity contribution < 1.29 is 29.1 Å². The Balaban J connectivity index is 1.50. The smallest absolute Gasteiger partial charge is 0.327 e. The fourth-order valence-corrected chi connectivity index (χ4v) is 4.81. The van der Waals surface area contributed by atoms with Gasteiger partial charge in [0.15, 0.2) is 0 Å². The van der Waals surface area contributed by atoms with E-state index in [1.807, 2.05) is 42.5 Å². The number of imide groups is 1. The van der Waals surface area contributed by atoms with Crippen molar-refractivity contribution in [3.8, 4) is 5.75 Å². The maximum atomic E-state index is 13.6. The summed E-state index contributed by atoms with van der Waals surface area (Å²) in [5, 5.41) is 9.37. The van der Waals surface area contributed by atoms with Gasteiger partial charge in [0.25, 0.3) is 11.8 Å². The second kappa shape index (κ2) is 9.85. The summed E-state index contributed by atoms with van der Waals surface area (Å²) in [4.78, 5) is 55.5. The molecule has 10 nitrogen and oxygen atoms in total. The summed E-state index contributed by atoms with van der Waals surface area (Å²) in [6.07, 6.45) is 0.415. The summed E-state index contributed by atoms with van der Waals surface area (Å²) in [7, 11) is 1.51. The Labute approximate surface area is 215 Å². The fourth-order valence-electron chi connectivity index (χ4n) is 4.81. The Morgan fingerprint density at radius 3 is 2.24 bits per heavy atom. The van der Waals surface area contributed by atoms with Crippen LogP contribution in [0.3, 0.4) is 0 Å². The molecular formula is C27H32N4O6. The number of rotatable bonds is 8. The zero-order chi connectivity index (χ0) is 27.0. The molecule has 0 radical (unpaired) electrons. The molecule has 0 saturated carbocycles. The molecule has 2 aliphatic heterocycles. The lowest BCUT2D eigenvalue weighted by Crippen LogP contribution is -2.55. The SMILES string of the molecule is CN1C(=O)N(C[C@H](C(=O)NO)N2CCC(C)(c3ccc(OCc4ccccc4)cc3)C2=O)C(=O)C1(C)C. The number of hydrogen-bond acceptors (Lipinski definition) is 6. The quantitative estimate of drug-likeness (QED) is 0.321. The van der Waals surface area contributed by atoms with Crippen molar-refractivity contribution in [2.45, 2.75) is 50.8 Å². The van der Waals surface area contributed by atoms with Gasteiger partial charge in [-0.1, -0.05) is 42.5 Å². The molecule has 196 valence electrons. The summed E-state index contributed by atoms with van der Waals surface area (Å²) in [5.74, 6) is -1.01. The summed E-state index contributed by atoms with van der Waals surface area (Å²) in [5.41, 5.74) is 1.37. The average Bonchev–Trinajstić information content (AvgIpc) is 3.28. The first-order valence-electron chi connectivity index (χ1n) is 12.1. The number of likely N-dealkylation sites (N-methyl/N-ethyl adjacent to an activating group) is 1. The van der Waals surface area contributed by atoms with E-state index in [9.17, 15) is 24.4 Å². The number of amides is 5. The molecule has 37 heavy (non-hydrogen) atoms. The largest absolute Gasteiger partial charge is 0.489 e. The number of hydrogen-bond donors (Lipinski definition) is 2. The predicted molar refractivity (Wildman–Crippen MR) is 134 cm³/mol. The van der Waals surface area contributed by atoms with Crippen molar-refractivity contribution in [2.75, 3.05) is 20.1 Å². The molecule has 0 spiro atoms. The zero-order valence-electron chi connectivity index (χ0n) is 21.4. The van der Waals surface area contributed by atoms with Crippen LogP contribution in [0, 0.1) is 0 Å². The molecule has 2 aromatic carbocycles. The second-order valence-corrected chi connectivity index (χ2v) is 10.2. The molecule has 2 aliphatic rings. The van der Waals surface area contributed by atoms with Crippen LogP contribution in [0.2, 0.25) is 0 Å². The molecule has 0 aliphatic carbocycles. The highest BCUT2D eigenvalue weighted by atomic mass is 16.5. The third kappa shape index (κ3) is 4.64. The number of nitrogens with one attached hydrogen (secondary N) is 1. The molecule has 0 aromatic heterocycles. The third-order valence-electron chi connectivity index (χ3n) is 7.59. The van der Waals surface area contributed by atoms with Gasteiger partial charge in [0.1, 0.15) is 23.9 Å². The maximum Gasteiger partial charge on any atom is 0.327 e. The van der Waals surface area contributed by atoms with Crippen molar-refractivity contribution in [2.24, 2.45) is 0 Å². The predicted octanol–water partition coefficient (Wildman–Crippen LogP) is 2.30. The molecule has 0 bridgehead atoms. The molecular weight excluding hydrogens is 476 g/mol. The van der Waals surface area contributed by atoms with Gasteiger partial charge in [-0.3, -0.25) is 24.5 Å². The van der Waals surface area contributed by atoms with Crippen LogP contribution >= 0.6 is 0 Å². The molecule has 2 saturated heterocycles. The van der Waals surface area contributed by atoms with Crippen molar-refractivity contribution >= 4 is 23.8 Å². The normalized spacial score (nSPS) is 22.0. The monoisotopic (exact) mass is 508 g/mol. The summed E-state index contributed by atoms with van der Waals surface area (Å²) < 4.78 is 5.85. The number of ether oxygens (including phenoxy) is 1. The lowest BCUT2D eigenvalue weighted by molar-refractivity contribution is -0.145. The van der Waals surface area contributed by atoms with E-state index in [4.69, 9.17) is 4.74 Å². The fraction of sp³-hybridized carbons (Fsp3) is 0.407. The van der Waals surface area contributed by atoms with Gasteiger partial charge in [-0.2, -0.15) is 0 Å². The van der Waals surface area contributed by atoms with Crippen LogP contribution in [-0.4, -0.2) is 75.4 Å². The van der Waals surface area contributed by atoms with Crippen LogP contribution in [0.15, 0.2) is 54.6 Å². The topological polar surface area (TPSA) is 119 Å². The van der Waals surface area contributed by atoms with Crippen LogP contribution in [0.5, 0.6) is 5.75 Å². The number of benzene rings is 2. The Morgan fingerprint density at radius 1 is 1.03 bits per heavy atom. The number of nitrogens with zero attached hydrogens (tertiary/aromatic N) is 3. The number of carbonyl (C=O) groups is 4. The van der Waals surface area contributed by atoms with Gasteiger partial charge >= 0.3 is 6.03 Å². The molecule has 2 atom stereocenters. The molecule has 5 amide bonds. The summed E-state index contributed by atoms with van der Waals surface area (Å²) in [6.45, 7) is 5.30. The van der Waals surface area contributed by atoms with Crippen molar-refractivity contribution in [1.29, 1.82) is 0 Å². The van der Waals surface area contributed by atoms with E-state index in [-0.39, 0.29) is 19.0 Å². The van der Waals surface area contributed by atoms with E-state index in [2.05, 4.69) is 0 Å². The minimum atomic E-state index is -1.23. The lowest BCUT2D eigenvalue weighted by atomic mass is 9.81. The highest BCUT2D eigenvalue weighted by Gasteiger charge is 2.53. The van der Waals surface area contributed by atoms with E-state index in [0.29, 0.717) is 18.8 Å². The standard InChI is InChI=1S/C27H32N4O6/c1-26(2)23(33)31(25(35)29(26)4)16-21(22(32)28-36)30-15-14-27(3,24(30)34)19-10-12-20(13-11-19)37-17-18-8-6-5-7-9-18/h5-13,21,36H,14-17H2,1-4H3,(H,28,32)/t21-,27?/m1/s1. The number of urea groups is 1. The first-order valence-corrected chi connectivity index (χ1v) is 12.1. The van der Waals surface area contributed by atoms with Gasteiger partial charge in [0.2, 0.25) is 5.91 Å². The molecule has 1 unspecified atom stereocenters. The number of hydroxylamine groups is 1. The molecule has 4 rings (SSSR count). The zero-order valence-corrected chi connectivity index (χ0v) is 21.4. The Kier molecular flexibility index (Phi) is 6.96. The van der Waals surface area contributed by atoms with Crippen LogP contribution in [0.25, 0.3) is 0 Å². The number of carbonyl (C=O) groups excluding carboxylic acids is 4. The molecule has 2 fully saturated rings. The number of likely N-dealkylation sites (tertiary alicyclic amines) is 1. The highest BCUT2D eigenvalue weighted by molar-refractivity contribution is 6.07. The third-order valence-corrected chi connectivity index (χ3v) is 7.59. The van der Waals surface area contributed by atoms with E-state index in [0.717, 1.165) is 16.0 Å². The van der Waals surface area contributed by atoms with Gasteiger partial charge < -0.3 is 14.5 Å². The molecule has 2 heterocycles. The Bertz CT molecular complexity index is 1200. The van der Waals surface area contributed by atoms with Crippen molar-refractivity contribution in [1.82, 2.24) is 20.2 Å². The van der Waals surface area contributed by atoms with E-state index in [1.54, 1.807) is 38.4 Å². The molecule has 2 N–H and O–H groups in total. The Hall–Kier alpha value is -3.92. The average molecular weight is 509 g/mol. The summed E-state index contributed by atoms with van der Waals surface area (Å²) >= 11 is 0. The first-order chi connectivity index (χ1) is 17.5. The van der Waals surface area contributed by atoms with Gasteiger partial charge in [0, 0.05) is 13.6 Å². The molecule has 10 heteroatoms. The maximum absolute atomic E-state index is 13.6. The first kappa shape index (κ1) is 26.2. The van der Waals surface area contributed by atoms with Crippen LogP contribution < -0.4 is 10.2 Å². The lowest BCUT2D eigenvalue weighted by Gasteiger charge is -2.31. The summed E-state index contributed by atoms with van der Waals surface area (Å²) in [6, 6.07) is 15.2. The van der Waals surface area contributed by atoms with Gasteiger partial charge in [-0.05, 0) is 50.5 Å². The van der Waals surface area contributed by atoms with E-state index >= 15 is 0 Å². The van der Waals surface area contributed by atoms with Gasteiger partial charge in [-0.25, -0.2) is 10.3 Å². The molecule has 2 aromatic rings. The van der Waals surface area contributed by atoms with Gasteiger partial charge in [-0.15, -0.1) is 0 Å². The van der Waals surface area contributed by atoms with Crippen LogP contribution in [-0.2, 0) is 26.4 Å². The van der Waals surface area contributed by atoms with Gasteiger partial charge in [0.05, 0.1) is 12.0 Å². The van der Waals surface area contributed by atoms with Crippen molar-refractivity contribution in [3.63, 3.8) is 0 Å². The minimum Gasteiger partial charge on any atom is -0.489 e. The van der Waals surface area contributed by atoms with Crippen molar-refractivity contribution in [3.05, 3.63) is 65.7 Å². The Morgan fingerprint density at radius 2 is 1.68 bits per heavy atom. The second-order valence-electron chi connectivity index (χ2n) is 10.2. The highest BCUT2D eigenvalue weighted by Crippen LogP contribution is 2.38.